The van der Waals surface area contributed by atoms with E-state index in [-0.39, 0.29) is 15.8 Å². The lowest BCUT2D eigenvalue weighted by atomic mass is 10.1. The number of hydrogen-bond donors (Lipinski definition) is 0. The molecule has 0 N–H and O–H groups in total. The fourth-order valence-corrected chi connectivity index (χ4v) is 2.99. The first-order valence-electron chi connectivity index (χ1n) is 8.47. The lowest BCUT2D eigenvalue weighted by Gasteiger charge is -2.06. The van der Waals surface area contributed by atoms with Crippen molar-refractivity contribution in [3.05, 3.63) is 0 Å². The number of alkyl halides is 3. The van der Waals surface area contributed by atoms with Crippen molar-refractivity contribution in [1.29, 1.82) is 0 Å². The molecule has 5 heteroatoms. The molecule has 0 spiro atoms. The van der Waals surface area contributed by atoms with Gasteiger partial charge in [-0.05, 0) is 12.5 Å². The van der Waals surface area contributed by atoms with Gasteiger partial charge in [0.05, 0.1) is 0 Å². The van der Waals surface area contributed by atoms with Gasteiger partial charge in [0.25, 0.3) is 0 Å². The molecular weight excluding hydrogens is 293 g/mol. The average molecular weight is 325 g/mol. The van der Waals surface area contributed by atoms with Gasteiger partial charge in [-0.1, -0.05) is 71.1 Å². The highest BCUT2D eigenvalue weighted by Crippen LogP contribution is 2.21. The van der Waals surface area contributed by atoms with Gasteiger partial charge in [-0.15, -0.1) is 0 Å². The maximum Gasteiger partial charge on any atom is 0.388 e. The van der Waals surface area contributed by atoms with E-state index in [2.05, 4.69) is 6.92 Å². The van der Waals surface area contributed by atoms with Gasteiger partial charge in [-0.3, -0.25) is 0 Å². The van der Waals surface area contributed by atoms with Crippen LogP contribution in [0.25, 0.3) is 0 Å². The summed E-state index contributed by atoms with van der Waals surface area (Å²) in [6.07, 6.45) is 9.33. The van der Waals surface area contributed by atoms with E-state index >= 15 is 0 Å². The van der Waals surface area contributed by atoms with Gasteiger partial charge >= 0.3 is 6.18 Å². The topological polar surface area (TPSA) is 9.23 Å². The minimum Gasteiger partial charge on any atom is -0.417 e. The van der Waals surface area contributed by atoms with Crippen molar-refractivity contribution in [2.75, 3.05) is 6.61 Å². The number of halogens is 3. The second-order valence-corrected chi connectivity index (χ2v) is 6.72. The molecule has 0 heterocycles. The molecule has 0 saturated carbocycles. The summed E-state index contributed by atoms with van der Waals surface area (Å²) in [5.41, 5.74) is 0. The largest absolute Gasteiger partial charge is 0.417 e. The summed E-state index contributed by atoms with van der Waals surface area (Å²) in [5.74, 6) is 0. The predicted octanol–water partition coefficient (Wildman–Crippen LogP) is 6.30. The van der Waals surface area contributed by atoms with E-state index in [1.807, 2.05) is 0 Å². The van der Waals surface area contributed by atoms with Crippen LogP contribution >= 0.6 is 0 Å². The van der Waals surface area contributed by atoms with Crippen LogP contribution in [0.4, 0.5) is 13.2 Å². The van der Waals surface area contributed by atoms with Crippen LogP contribution in [0.1, 0.15) is 84.0 Å². The smallest absolute Gasteiger partial charge is 0.388 e. The van der Waals surface area contributed by atoms with Crippen LogP contribution in [0.3, 0.4) is 0 Å². The fourth-order valence-electron chi connectivity index (χ4n) is 2.18. The van der Waals surface area contributed by atoms with Crippen molar-refractivity contribution < 1.29 is 17.6 Å². The van der Waals surface area contributed by atoms with E-state index in [1.54, 1.807) is 0 Å². The Hall–Kier alpha value is -0.0331. The van der Waals surface area contributed by atoms with Crippen molar-refractivity contribution in [2.45, 2.75) is 96.2 Å². The highest BCUT2D eigenvalue weighted by molar-refractivity contribution is 6.27. The van der Waals surface area contributed by atoms with Crippen LogP contribution in [-0.4, -0.2) is 22.5 Å². The average Bonchev–Trinajstić information content (AvgIpc) is 2.42. The molecule has 0 aliphatic rings. The van der Waals surface area contributed by atoms with Crippen LogP contribution in [0.5, 0.6) is 0 Å². The molecule has 126 valence electrons. The van der Waals surface area contributed by atoms with Crippen molar-refractivity contribution in [3.63, 3.8) is 0 Å². The Labute approximate surface area is 131 Å². The third kappa shape index (κ3) is 20.0. The van der Waals surface area contributed by atoms with Gasteiger partial charge in [0.2, 0.25) is 9.76 Å². The van der Waals surface area contributed by atoms with E-state index in [1.165, 1.54) is 57.8 Å². The summed E-state index contributed by atoms with van der Waals surface area (Å²) < 4.78 is 40.8. The molecule has 0 aliphatic heterocycles. The quantitative estimate of drug-likeness (QED) is 0.253. The molecule has 0 aromatic carbocycles. The van der Waals surface area contributed by atoms with E-state index in [4.69, 9.17) is 4.43 Å². The maximum atomic E-state index is 11.9. The zero-order valence-corrected chi connectivity index (χ0v) is 14.4. The SMILES string of the molecule is CCCCCCCCCCCCCO[Si]CCC(F)(F)F. The molecule has 0 aliphatic carbocycles. The van der Waals surface area contributed by atoms with Crippen molar-refractivity contribution in [1.82, 2.24) is 0 Å². The van der Waals surface area contributed by atoms with Crippen LogP contribution < -0.4 is 0 Å². The van der Waals surface area contributed by atoms with Crippen LogP contribution in [0, 0.1) is 0 Å². The highest BCUT2D eigenvalue weighted by atomic mass is 28.2. The number of unbranched alkanes of at least 4 members (excludes halogenated alkanes) is 10. The summed E-state index contributed by atoms with van der Waals surface area (Å²) in [7, 11) is -0.00260. The number of hydrogen-bond acceptors (Lipinski definition) is 1. The van der Waals surface area contributed by atoms with Gasteiger partial charge in [0, 0.05) is 13.0 Å². The molecular formula is C16H31F3OSi. The molecule has 0 aromatic rings. The first-order chi connectivity index (χ1) is 10.1. The first-order valence-corrected chi connectivity index (χ1v) is 9.59. The Morgan fingerprint density at radius 3 is 1.71 bits per heavy atom. The van der Waals surface area contributed by atoms with Gasteiger partial charge < -0.3 is 4.43 Å². The molecule has 2 radical (unpaired) electrons. The Morgan fingerprint density at radius 1 is 0.762 bits per heavy atom. The Morgan fingerprint density at radius 2 is 1.24 bits per heavy atom. The van der Waals surface area contributed by atoms with E-state index < -0.39 is 12.6 Å². The van der Waals surface area contributed by atoms with Gasteiger partial charge in [-0.2, -0.15) is 13.2 Å². The molecule has 21 heavy (non-hydrogen) atoms. The lowest BCUT2D eigenvalue weighted by Crippen LogP contribution is -2.10. The van der Waals surface area contributed by atoms with E-state index in [9.17, 15) is 13.2 Å². The van der Waals surface area contributed by atoms with Crippen LogP contribution in [0.2, 0.25) is 6.04 Å². The normalized spacial score (nSPS) is 12.0. The summed E-state index contributed by atoms with van der Waals surface area (Å²) in [6, 6.07) is 0.113. The Bertz CT molecular complexity index is 210. The Kier molecular flexibility index (Phi) is 14.9. The monoisotopic (exact) mass is 324 g/mol. The maximum absolute atomic E-state index is 11.9. The molecule has 0 bridgehead atoms. The summed E-state index contributed by atoms with van der Waals surface area (Å²) >= 11 is 0. The van der Waals surface area contributed by atoms with Crippen molar-refractivity contribution in [3.8, 4) is 0 Å². The number of rotatable bonds is 15. The molecule has 0 fully saturated rings. The molecule has 0 unspecified atom stereocenters. The third-order valence-electron chi connectivity index (χ3n) is 3.46. The van der Waals surface area contributed by atoms with Crippen LogP contribution in [-0.2, 0) is 4.43 Å². The fraction of sp³-hybridized carbons (Fsp3) is 1.00. The summed E-state index contributed by atoms with van der Waals surface area (Å²) in [6.45, 7) is 2.86. The summed E-state index contributed by atoms with van der Waals surface area (Å²) in [5, 5.41) is 0. The molecule has 0 saturated heterocycles. The molecule has 0 rings (SSSR count). The van der Waals surface area contributed by atoms with E-state index in [0.29, 0.717) is 6.61 Å². The predicted molar refractivity (Wildman–Crippen MR) is 83.6 cm³/mol. The van der Waals surface area contributed by atoms with Gasteiger partial charge in [-0.25, -0.2) is 0 Å². The van der Waals surface area contributed by atoms with Gasteiger partial charge in [0.15, 0.2) is 0 Å². The zero-order valence-electron chi connectivity index (χ0n) is 13.4. The lowest BCUT2D eigenvalue weighted by molar-refractivity contribution is -0.130. The first kappa shape index (κ1) is 21.0. The second-order valence-electron chi connectivity index (χ2n) is 5.64. The third-order valence-corrected chi connectivity index (χ3v) is 4.32. The van der Waals surface area contributed by atoms with Crippen LogP contribution in [0.15, 0.2) is 0 Å². The molecule has 1 nitrogen and oxygen atoms in total. The molecule has 0 aromatic heterocycles. The highest BCUT2D eigenvalue weighted by Gasteiger charge is 2.26. The summed E-state index contributed by atoms with van der Waals surface area (Å²) in [4.78, 5) is 0. The zero-order chi connectivity index (χ0) is 15.8. The Balaban J connectivity index is 3.00. The van der Waals surface area contributed by atoms with Crippen molar-refractivity contribution >= 4 is 9.76 Å². The van der Waals surface area contributed by atoms with Gasteiger partial charge in [0.1, 0.15) is 0 Å². The second kappa shape index (κ2) is 14.9. The molecule has 0 amide bonds. The minimum absolute atomic E-state index is 0.00260. The van der Waals surface area contributed by atoms with E-state index in [0.717, 1.165) is 12.8 Å². The minimum atomic E-state index is -4.03. The standard InChI is InChI=1S/C16H31F3OSi/c1-2-3-4-5-6-7-8-9-10-11-12-14-20-21-15-13-16(17,18)19/h2-15H2,1H3. The van der Waals surface area contributed by atoms with Crippen molar-refractivity contribution in [2.24, 2.45) is 0 Å². The molecule has 0 atom stereocenters.